The molecule has 0 fully saturated rings. The van der Waals surface area contributed by atoms with E-state index in [1.807, 2.05) is 60.7 Å². The van der Waals surface area contributed by atoms with Gasteiger partial charge in [0.2, 0.25) is 5.95 Å². The van der Waals surface area contributed by atoms with E-state index in [4.69, 9.17) is 4.74 Å². The molecule has 0 saturated heterocycles. The van der Waals surface area contributed by atoms with Crippen LogP contribution >= 0.6 is 11.8 Å². The summed E-state index contributed by atoms with van der Waals surface area (Å²) in [6, 6.07) is 22.9. The monoisotopic (exact) mass is 325 g/mol. The number of hydrogen-bond acceptors (Lipinski definition) is 3. The lowest BCUT2D eigenvalue weighted by Gasteiger charge is -2.10. The van der Waals surface area contributed by atoms with Crippen LogP contribution in [-0.2, 0) is 12.4 Å². The lowest BCUT2D eigenvalue weighted by atomic mass is 10.2. The molecular weight excluding hydrogens is 309 g/mol. The van der Waals surface area contributed by atoms with Gasteiger partial charge in [0.05, 0.1) is 0 Å². The van der Waals surface area contributed by atoms with Gasteiger partial charge in [-0.2, -0.15) is 4.39 Å². The first kappa shape index (κ1) is 15.6. The molecule has 0 bridgehead atoms. The fraction of sp³-hybridized carbons (Fsp3) is 0.105. The molecule has 0 N–H and O–H groups in total. The fourth-order valence-corrected chi connectivity index (χ4v) is 3.00. The third-order valence-corrected chi connectivity index (χ3v) is 4.29. The molecule has 23 heavy (non-hydrogen) atoms. The van der Waals surface area contributed by atoms with Gasteiger partial charge < -0.3 is 4.74 Å². The van der Waals surface area contributed by atoms with Crippen molar-refractivity contribution in [2.45, 2.75) is 17.4 Å². The Labute approximate surface area is 139 Å². The van der Waals surface area contributed by atoms with Gasteiger partial charge in [0.25, 0.3) is 0 Å². The molecule has 0 radical (unpaired) electrons. The van der Waals surface area contributed by atoms with Crippen LogP contribution in [0.2, 0.25) is 0 Å². The van der Waals surface area contributed by atoms with Crippen LogP contribution < -0.4 is 4.74 Å². The van der Waals surface area contributed by atoms with Crippen LogP contribution in [0.5, 0.6) is 5.75 Å². The van der Waals surface area contributed by atoms with E-state index in [1.54, 1.807) is 6.07 Å². The van der Waals surface area contributed by atoms with E-state index >= 15 is 0 Å². The van der Waals surface area contributed by atoms with Crippen molar-refractivity contribution in [1.29, 1.82) is 0 Å². The summed E-state index contributed by atoms with van der Waals surface area (Å²) in [5.74, 6) is 0.836. The Morgan fingerprint density at radius 1 is 0.826 bits per heavy atom. The Morgan fingerprint density at radius 2 is 1.48 bits per heavy atom. The van der Waals surface area contributed by atoms with Gasteiger partial charge in [0.15, 0.2) is 5.75 Å². The van der Waals surface area contributed by atoms with Crippen LogP contribution in [0.4, 0.5) is 4.39 Å². The minimum Gasteiger partial charge on any atom is -0.486 e. The molecule has 0 unspecified atom stereocenters. The van der Waals surface area contributed by atoms with Crippen molar-refractivity contribution in [3.8, 4) is 5.75 Å². The van der Waals surface area contributed by atoms with E-state index in [9.17, 15) is 4.39 Å². The summed E-state index contributed by atoms with van der Waals surface area (Å²) in [5.41, 5.74) is 2.23. The third-order valence-electron chi connectivity index (χ3n) is 3.25. The minimum atomic E-state index is -0.493. The lowest BCUT2D eigenvalue weighted by molar-refractivity contribution is 0.294. The largest absolute Gasteiger partial charge is 0.486 e. The number of halogens is 1. The number of aromatic nitrogens is 1. The molecule has 0 aliphatic carbocycles. The van der Waals surface area contributed by atoms with E-state index in [0.29, 0.717) is 17.4 Å². The van der Waals surface area contributed by atoms with Crippen LogP contribution in [0, 0.1) is 5.95 Å². The number of hydrogen-bond donors (Lipinski definition) is 0. The quantitative estimate of drug-likeness (QED) is 0.465. The van der Waals surface area contributed by atoms with Crippen LogP contribution in [0.3, 0.4) is 0 Å². The first-order valence-electron chi connectivity index (χ1n) is 7.31. The zero-order valence-corrected chi connectivity index (χ0v) is 13.3. The molecule has 2 nitrogen and oxygen atoms in total. The molecular formula is C19H16FNOS. The topological polar surface area (TPSA) is 22.1 Å². The molecule has 4 heteroatoms. The SMILES string of the molecule is Fc1ccc(OCc2ccccc2)c(SCc2ccccc2)n1. The van der Waals surface area contributed by atoms with E-state index in [0.717, 1.165) is 16.9 Å². The highest BCUT2D eigenvalue weighted by atomic mass is 32.2. The number of thioether (sulfide) groups is 1. The molecule has 1 heterocycles. The molecule has 116 valence electrons. The molecule has 0 aliphatic heterocycles. The first-order chi connectivity index (χ1) is 11.3. The second-order valence-corrected chi connectivity index (χ2v) is 5.95. The van der Waals surface area contributed by atoms with Gasteiger partial charge in [-0.1, -0.05) is 72.4 Å². The smallest absolute Gasteiger partial charge is 0.214 e. The van der Waals surface area contributed by atoms with Crippen LogP contribution in [0.25, 0.3) is 0 Å². The van der Waals surface area contributed by atoms with Gasteiger partial charge in [-0.3, -0.25) is 0 Å². The molecule has 0 amide bonds. The van der Waals surface area contributed by atoms with Crippen LogP contribution in [0.1, 0.15) is 11.1 Å². The molecule has 0 aliphatic rings. The van der Waals surface area contributed by atoms with E-state index in [1.165, 1.54) is 17.8 Å². The molecule has 3 aromatic rings. The lowest BCUT2D eigenvalue weighted by Crippen LogP contribution is -1.99. The Kier molecular flexibility index (Phi) is 5.27. The third kappa shape index (κ3) is 4.57. The standard InChI is InChI=1S/C19H16FNOS/c20-18-12-11-17(22-13-15-7-3-1-4-8-15)19(21-18)23-14-16-9-5-2-6-10-16/h1-12H,13-14H2. The molecule has 1 aromatic heterocycles. The summed E-state index contributed by atoms with van der Waals surface area (Å²) in [5, 5.41) is 0.574. The highest BCUT2D eigenvalue weighted by molar-refractivity contribution is 7.98. The van der Waals surface area contributed by atoms with Crippen LogP contribution in [-0.4, -0.2) is 4.98 Å². The van der Waals surface area contributed by atoms with E-state index in [2.05, 4.69) is 4.98 Å². The number of pyridine rings is 1. The Bertz CT molecular complexity index is 750. The number of nitrogens with zero attached hydrogens (tertiary/aromatic N) is 1. The summed E-state index contributed by atoms with van der Waals surface area (Å²) in [6.45, 7) is 0.438. The van der Waals surface area contributed by atoms with Crippen molar-refractivity contribution in [2.75, 3.05) is 0 Å². The summed E-state index contributed by atoms with van der Waals surface area (Å²) in [7, 11) is 0. The molecule has 0 spiro atoms. The van der Waals surface area contributed by atoms with Gasteiger partial charge in [-0.15, -0.1) is 0 Å². The maximum absolute atomic E-state index is 13.5. The van der Waals surface area contributed by atoms with Gasteiger partial charge in [0, 0.05) is 5.75 Å². The predicted octanol–water partition coefficient (Wildman–Crippen LogP) is 5.09. The van der Waals surface area contributed by atoms with Crippen molar-refractivity contribution in [3.63, 3.8) is 0 Å². The molecule has 0 saturated carbocycles. The van der Waals surface area contributed by atoms with E-state index < -0.39 is 5.95 Å². The van der Waals surface area contributed by atoms with Crippen LogP contribution in [0.15, 0.2) is 77.8 Å². The predicted molar refractivity (Wildman–Crippen MR) is 91.0 cm³/mol. The Morgan fingerprint density at radius 3 is 2.17 bits per heavy atom. The maximum atomic E-state index is 13.5. The molecule has 2 aromatic carbocycles. The summed E-state index contributed by atoms with van der Waals surface area (Å²) in [4.78, 5) is 3.97. The van der Waals surface area contributed by atoms with Crippen molar-refractivity contribution >= 4 is 11.8 Å². The molecule has 0 atom stereocenters. The van der Waals surface area contributed by atoms with Crippen molar-refractivity contribution in [3.05, 3.63) is 89.9 Å². The second-order valence-electron chi connectivity index (χ2n) is 4.99. The number of rotatable bonds is 6. The summed E-state index contributed by atoms with van der Waals surface area (Å²) < 4.78 is 19.3. The van der Waals surface area contributed by atoms with Crippen molar-refractivity contribution < 1.29 is 9.13 Å². The van der Waals surface area contributed by atoms with Gasteiger partial charge in [-0.25, -0.2) is 4.98 Å². The van der Waals surface area contributed by atoms with Crippen molar-refractivity contribution in [1.82, 2.24) is 4.98 Å². The highest BCUT2D eigenvalue weighted by Gasteiger charge is 2.09. The average molecular weight is 325 g/mol. The van der Waals surface area contributed by atoms with Gasteiger partial charge in [-0.05, 0) is 23.3 Å². The van der Waals surface area contributed by atoms with Gasteiger partial charge >= 0.3 is 0 Å². The van der Waals surface area contributed by atoms with Crippen molar-refractivity contribution in [2.24, 2.45) is 0 Å². The second kappa shape index (κ2) is 7.79. The zero-order chi connectivity index (χ0) is 15.9. The maximum Gasteiger partial charge on any atom is 0.214 e. The highest BCUT2D eigenvalue weighted by Crippen LogP contribution is 2.30. The summed E-state index contributed by atoms with van der Waals surface area (Å²) in [6.07, 6.45) is 0. The molecule has 3 rings (SSSR count). The van der Waals surface area contributed by atoms with Gasteiger partial charge in [0.1, 0.15) is 11.6 Å². The number of ether oxygens (including phenoxy) is 1. The zero-order valence-electron chi connectivity index (χ0n) is 12.5. The summed E-state index contributed by atoms with van der Waals surface area (Å²) >= 11 is 1.47. The Balaban J connectivity index is 1.70. The fourth-order valence-electron chi connectivity index (χ4n) is 2.08. The first-order valence-corrected chi connectivity index (χ1v) is 8.30. The average Bonchev–Trinajstić information content (AvgIpc) is 2.61. The minimum absolute atomic E-state index is 0.438. The normalized spacial score (nSPS) is 10.5. The van der Waals surface area contributed by atoms with E-state index in [-0.39, 0.29) is 0 Å². The number of benzene rings is 2. The Hall–Kier alpha value is -2.33.